The van der Waals surface area contributed by atoms with Crippen LogP contribution in [-0.4, -0.2) is 29.3 Å². The zero-order chi connectivity index (χ0) is 14.3. The molecule has 0 aliphatic rings. The number of carbonyl (C=O) groups is 2. The summed E-state index contributed by atoms with van der Waals surface area (Å²) >= 11 is 1.40. The topological polar surface area (TPSA) is 69.4 Å². The van der Waals surface area contributed by atoms with Crippen molar-refractivity contribution < 1.29 is 14.3 Å². The lowest BCUT2D eigenvalue weighted by Crippen LogP contribution is -2.36. The summed E-state index contributed by atoms with van der Waals surface area (Å²) < 4.78 is 5.10. The number of terminal acetylenes is 1. The molecule has 2 N–H and O–H groups in total. The number of benzene rings is 1. The lowest BCUT2D eigenvalue weighted by atomic mass is 10.1. The molecule has 1 rings (SSSR count). The second-order valence-electron chi connectivity index (χ2n) is 3.83. The Hall–Kier alpha value is -1.77. The number of esters is 1. The molecule has 0 aliphatic carbocycles. The van der Waals surface area contributed by atoms with E-state index in [0.29, 0.717) is 22.8 Å². The maximum atomic E-state index is 11.6. The summed E-state index contributed by atoms with van der Waals surface area (Å²) in [4.78, 5) is 22.7. The quantitative estimate of drug-likeness (QED) is 0.280. The molecule has 100 valence electrons. The van der Waals surface area contributed by atoms with Gasteiger partial charge in [0.05, 0.1) is 5.75 Å². The van der Waals surface area contributed by atoms with Gasteiger partial charge in [-0.15, -0.1) is 18.2 Å². The summed E-state index contributed by atoms with van der Waals surface area (Å²) in [5, 5.41) is 0. The molecule has 0 saturated carbocycles. The van der Waals surface area contributed by atoms with Gasteiger partial charge in [0.1, 0.15) is 11.8 Å². The van der Waals surface area contributed by atoms with Crippen LogP contribution >= 0.6 is 11.8 Å². The third-order valence-electron chi connectivity index (χ3n) is 2.26. The Morgan fingerprint density at radius 2 is 2.05 bits per heavy atom. The number of ether oxygens (including phenoxy) is 1. The Labute approximate surface area is 116 Å². The van der Waals surface area contributed by atoms with Crippen molar-refractivity contribution in [2.75, 3.05) is 11.5 Å². The molecule has 5 heteroatoms. The maximum absolute atomic E-state index is 11.6. The first-order chi connectivity index (χ1) is 9.04. The highest BCUT2D eigenvalue weighted by molar-refractivity contribution is 7.99. The van der Waals surface area contributed by atoms with Crippen LogP contribution in [0.5, 0.6) is 5.75 Å². The number of nitrogens with two attached hydrogens (primary N) is 1. The molecule has 0 saturated heterocycles. The van der Waals surface area contributed by atoms with Crippen LogP contribution in [0, 0.1) is 12.3 Å². The van der Waals surface area contributed by atoms with Gasteiger partial charge in [0.2, 0.25) is 0 Å². The smallest absolute Gasteiger partial charge is 0.329 e. The van der Waals surface area contributed by atoms with Crippen molar-refractivity contribution in [1.82, 2.24) is 0 Å². The predicted molar refractivity (Wildman–Crippen MR) is 76.2 cm³/mol. The molecular formula is C14H15NO3S. The third kappa shape index (κ3) is 5.16. The highest BCUT2D eigenvalue weighted by atomic mass is 32.2. The standard InChI is InChI=1S/C14H15NO3S/c1-3-8-19-9-13(15)14(17)18-12-6-4-11(5-7-12)10(2)16/h1,4-7,13H,8-9,15H2,2H3/t13-/m1/s1. The first-order valence-electron chi connectivity index (χ1n) is 5.64. The summed E-state index contributed by atoms with van der Waals surface area (Å²) in [7, 11) is 0. The normalized spacial score (nSPS) is 11.4. The van der Waals surface area contributed by atoms with E-state index in [2.05, 4.69) is 5.92 Å². The Morgan fingerprint density at radius 3 is 2.58 bits per heavy atom. The van der Waals surface area contributed by atoms with Gasteiger partial charge < -0.3 is 10.5 Å². The molecule has 0 unspecified atom stereocenters. The molecule has 0 amide bonds. The molecule has 0 aromatic heterocycles. The molecule has 1 atom stereocenters. The van der Waals surface area contributed by atoms with Gasteiger partial charge in [-0.1, -0.05) is 5.92 Å². The van der Waals surface area contributed by atoms with E-state index in [1.807, 2.05) is 0 Å². The molecule has 0 bridgehead atoms. The van der Waals surface area contributed by atoms with E-state index in [1.165, 1.54) is 18.7 Å². The van der Waals surface area contributed by atoms with Crippen molar-refractivity contribution in [2.24, 2.45) is 5.73 Å². The lowest BCUT2D eigenvalue weighted by Gasteiger charge is -2.10. The highest BCUT2D eigenvalue weighted by Gasteiger charge is 2.15. The zero-order valence-corrected chi connectivity index (χ0v) is 11.4. The van der Waals surface area contributed by atoms with E-state index in [1.54, 1.807) is 24.3 Å². The lowest BCUT2D eigenvalue weighted by molar-refractivity contribution is -0.135. The maximum Gasteiger partial charge on any atom is 0.329 e. The monoisotopic (exact) mass is 277 g/mol. The van der Waals surface area contributed by atoms with Crippen LogP contribution in [-0.2, 0) is 4.79 Å². The van der Waals surface area contributed by atoms with E-state index < -0.39 is 12.0 Å². The van der Waals surface area contributed by atoms with E-state index in [-0.39, 0.29) is 5.78 Å². The van der Waals surface area contributed by atoms with Crippen molar-refractivity contribution in [3.63, 3.8) is 0 Å². The van der Waals surface area contributed by atoms with Gasteiger partial charge in [0.15, 0.2) is 5.78 Å². The Morgan fingerprint density at radius 1 is 1.42 bits per heavy atom. The van der Waals surface area contributed by atoms with Gasteiger partial charge in [0, 0.05) is 11.3 Å². The summed E-state index contributed by atoms with van der Waals surface area (Å²) in [6.07, 6.45) is 5.10. The predicted octanol–water partition coefficient (Wildman–Crippen LogP) is 1.49. The number of rotatable bonds is 6. The average molecular weight is 277 g/mol. The van der Waals surface area contributed by atoms with E-state index in [0.717, 1.165) is 0 Å². The fourth-order valence-corrected chi connectivity index (χ4v) is 1.89. The van der Waals surface area contributed by atoms with Crippen LogP contribution in [0.3, 0.4) is 0 Å². The molecular weight excluding hydrogens is 262 g/mol. The second-order valence-corrected chi connectivity index (χ2v) is 4.86. The number of ketones is 1. The van der Waals surface area contributed by atoms with Crippen LogP contribution in [0.25, 0.3) is 0 Å². The average Bonchev–Trinajstić information content (AvgIpc) is 2.39. The summed E-state index contributed by atoms with van der Waals surface area (Å²) in [6.45, 7) is 1.47. The minimum atomic E-state index is -0.717. The van der Waals surface area contributed by atoms with Crippen LogP contribution in [0.2, 0.25) is 0 Å². The van der Waals surface area contributed by atoms with E-state index >= 15 is 0 Å². The summed E-state index contributed by atoms with van der Waals surface area (Å²) in [5.74, 6) is 3.18. The molecule has 0 radical (unpaired) electrons. The van der Waals surface area contributed by atoms with E-state index in [4.69, 9.17) is 16.9 Å². The molecule has 4 nitrogen and oxygen atoms in total. The van der Waals surface area contributed by atoms with E-state index in [9.17, 15) is 9.59 Å². The molecule has 19 heavy (non-hydrogen) atoms. The molecule has 1 aromatic carbocycles. The third-order valence-corrected chi connectivity index (χ3v) is 3.23. The van der Waals surface area contributed by atoms with Crippen molar-refractivity contribution in [1.29, 1.82) is 0 Å². The van der Waals surface area contributed by atoms with Crippen LogP contribution in [0.4, 0.5) is 0 Å². The van der Waals surface area contributed by atoms with Gasteiger partial charge in [0.25, 0.3) is 0 Å². The molecule has 0 heterocycles. The summed E-state index contributed by atoms with van der Waals surface area (Å²) in [5.41, 5.74) is 6.23. The van der Waals surface area contributed by atoms with Crippen molar-refractivity contribution >= 4 is 23.5 Å². The van der Waals surface area contributed by atoms with Gasteiger partial charge in [-0.25, -0.2) is 4.79 Å². The number of hydrogen-bond donors (Lipinski definition) is 1. The fraction of sp³-hybridized carbons (Fsp3) is 0.286. The van der Waals surface area contributed by atoms with Crippen LogP contribution in [0.1, 0.15) is 17.3 Å². The van der Waals surface area contributed by atoms with Crippen LogP contribution in [0.15, 0.2) is 24.3 Å². The minimum absolute atomic E-state index is 0.0414. The molecule has 0 aliphatic heterocycles. The number of carbonyl (C=O) groups excluding carboxylic acids is 2. The van der Waals surface area contributed by atoms with Gasteiger partial charge in [-0.2, -0.15) is 0 Å². The van der Waals surface area contributed by atoms with Gasteiger partial charge in [-0.3, -0.25) is 4.79 Å². The highest BCUT2D eigenvalue weighted by Crippen LogP contribution is 2.13. The number of Topliss-reactive ketones (excluding diaryl/α,β-unsaturated/α-hetero) is 1. The fourth-order valence-electron chi connectivity index (χ4n) is 1.26. The zero-order valence-electron chi connectivity index (χ0n) is 10.6. The van der Waals surface area contributed by atoms with Gasteiger partial charge >= 0.3 is 5.97 Å². The molecule has 1 aromatic rings. The minimum Gasteiger partial charge on any atom is -0.425 e. The number of thioether (sulfide) groups is 1. The van der Waals surface area contributed by atoms with Crippen molar-refractivity contribution in [3.05, 3.63) is 29.8 Å². The molecule has 0 fully saturated rings. The molecule has 0 spiro atoms. The summed E-state index contributed by atoms with van der Waals surface area (Å²) in [6, 6.07) is 5.62. The second kappa shape index (κ2) is 7.62. The van der Waals surface area contributed by atoms with Gasteiger partial charge in [-0.05, 0) is 31.2 Å². The Bertz CT molecular complexity index is 490. The Balaban J connectivity index is 2.52. The Kier molecular flexibility index (Phi) is 6.13. The number of hydrogen-bond acceptors (Lipinski definition) is 5. The van der Waals surface area contributed by atoms with Crippen molar-refractivity contribution in [2.45, 2.75) is 13.0 Å². The largest absolute Gasteiger partial charge is 0.425 e. The first-order valence-corrected chi connectivity index (χ1v) is 6.79. The van der Waals surface area contributed by atoms with Crippen LogP contribution < -0.4 is 10.5 Å². The van der Waals surface area contributed by atoms with Crippen molar-refractivity contribution in [3.8, 4) is 18.1 Å². The SMILES string of the molecule is C#CCSC[C@@H](N)C(=O)Oc1ccc(C(C)=O)cc1. The first kappa shape index (κ1) is 15.3.